The predicted octanol–water partition coefficient (Wildman–Crippen LogP) is 5.17. The first-order valence-corrected chi connectivity index (χ1v) is 6.72. The minimum absolute atomic E-state index is 0.0854. The molecule has 0 amide bonds. The Morgan fingerprint density at radius 3 is 2.40 bits per heavy atom. The number of halogens is 3. The van der Waals surface area contributed by atoms with Crippen molar-refractivity contribution >= 4 is 46.2 Å². The van der Waals surface area contributed by atoms with Gasteiger partial charge in [0.25, 0.3) is 5.69 Å². The van der Waals surface area contributed by atoms with Crippen LogP contribution in [0.1, 0.15) is 5.56 Å². The molecule has 4 nitrogen and oxygen atoms in total. The van der Waals surface area contributed by atoms with E-state index in [0.29, 0.717) is 22.3 Å². The van der Waals surface area contributed by atoms with Gasteiger partial charge in [-0.15, -0.1) is 0 Å². The molecule has 0 aromatic heterocycles. The van der Waals surface area contributed by atoms with Crippen LogP contribution in [0, 0.1) is 10.1 Å². The highest BCUT2D eigenvalue weighted by atomic mass is 35.5. The highest BCUT2D eigenvalue weighted by Gasteiger charge is 2.12. The molecular weight excluding hydrogens is 323 g/mol. The highest BCUT2D eigenvalue weighted by molar-refractivity contribution is 6.35. The van der Waals surface area contributed by atoms with Gasteiger partial charge < -0.3 is 5.32 Å². The third-order valence-corrected chi connectivity index (χ3v) is 3.53. The van der Waals surface area contributed by atoms with E-state index in [9.17, 15) is 10.1 Å². The van der Waals surface area contributed by atoms with Crippen molar-refractivity contribution in [1.82, 2.24) is 0 Å². The van der Waals surface area contributed by atoms with Crippen molar-refractivity contribution in [3.63, 3.8) is 0 Å². The number of nitro benzene ring substituents is 1. The minimum Gasteiger partial charge on any atom is -0.381 e. The van der Waals surface area contributed by atoms with E-state index in [4.69, 9.17) is 34.8 Å². The molecule has 2 aromatic carbocycles. The van der Waals surface area contributed by atoms with Crippen LogP contribution in [0.15, 0.2) is 36.4 Å². The molecule has 2 aromatic rings. The average molecular weight is 332 g/mol. The summed E-state index contributed by atoms with van der Waals surface area (Å²) in [6.07, 6.45) is 0. The Hall–Kier alpha value is -1.49. The van der Waals surface area contributed by atoms with Crippen LogP contribution in [0.5, 0.6) is 0 Å². The largest absolute Gasteiger partial charge is 0.381 e. The number of hydrogen-bond acceptors (Lipinski definition) is 3. The molecule has 0 radical (unpaired) electrons. The lowest BCUT2D eigenvalue weighted by atomic mass is 10.2. The van der Waals surface area contributed by atoms with E-state index in [-0.39, 0.29) is 10.7 Å². The number of nitrogens with one attached hydrogen (secondary N) is 1. The lowest BCUT2D eigenvalue weighted by Crippen LogP contribution is -2.00. The monoisotopic (exact) mass is 330 g/mol. The normalized spacial score (nSPS) is 10.3. The van der Waals surface area contributed by atoms with Crippen molar-refractivity contribution in [2.75, 3.05) is 5.32 Å². The Bertz CT molecular complexity index is 662. The second kappa shape index (κ2) is 6.31. The molecule has 2 rings (SSSR count). The molecule has 0 spiro atoms. The van der Waals surface area contributed by atoms with E-state index in [1.807, 2.05) is 6.07 Å². The van der Waals surface area contributed by atoms with Crippen molar-refractivity contribution in [3.8, 4) is 0 Å². The summed E-state index contributed by atoms with van der Waals surface area (Å²) in [6, 6.07) is 9.66. The molecule has 0 aliphatic heterocycles. The maximum Gasteiger partial charge on any atom is 0.288 e. The van der Waals surface area contributed by atoms with Gasteiger partial charge in [-0.1, -0.05) is 40.9 Å². The fraction of sp³-hybridized carbons (Fsp3) is 0.0769. The van der Waals surface area contributed by atoms with E-state index in [2.05, 4.69) is 5.32 Å². The summed E-state index contributed by atoms with van der Waals surface area (Å²) in [4.78, 5) is 10.1. The Morgan fingerprint density at radius 1 is 1.05 bits per heavy atom. The first kappa shape index (κ1) is 14.9. The molecule has 1 N–H and O–H groups in total. The summed E-state index contributed by atoms with van der Waals surface area (Å²) in [7, 11) is 0. The fourth-order valence-corrected chi connectivity index (χ4v) is 2.35. The third kappa shape index (κ3) is 3.54. The summed E-state index contributed by atoms with van der Waals surface area (Å²) >= 11 is 17.7. The van der Waals surface area contributed by atoms with Crippen molar-refractivity contribution in [3.05, 3.63) is 67.1 Å². The summed E-state index contributed by atoms with van der Waals surface area (Å²) in [5, 5.41) is 15.0. The van der Waals surface area contributed by atoms with Crippen LogP contribution in [-0.2, 0) is 6.54 Å². The van der Waals surface area contributed by atoms with Gasteiger partial charge in [0.05, 0.1) is 4.92 Å². The molecule has 104 valence electrons. The average Bonchev–Trinajstić information content (AvgIpc) is 2.37. The molecule has 0 aliphatic rings. The van der Waals surface area contributed by atoms with Gasteiger partial charge in [-0.2, -0.15) is 0 Å². The first-order valence-electron chi connectivity index (χ1n) is 5.59. The van der Waals surface area contributed by atoms with Crippen molar-refractivity contribution < 1.29 is 4.92 Å². The van der Waals surface area contributed by atoms with Gasteiger partial charge in [0, 0.05) is 28.3 Å². The van der Waals surface area contributed by atoms with Crippen molar-refractivity contribution in [1.29, 1.82) is 0 Å². The number of nitrogens with zero attached hydrogens (tertiary/aromatic N) is 1. The minimum atomic E-state index is -0.526. The van der Waals surface area contributed by atoms with Crippen LogP contribution in [-0.4, -0.2) is 4.92 Å². The van der Waals surface area contributed by atoms with Gasteiger partial charge >= 0.3 is 0 Å². The van der Waals surface area contributed by atoms with E-state index in [1.165, 1.54) is 12.1 Å². The van der Waals surface area contributed by atoms with Gasteiger partial charge in [-0.25, -0.2) is 0 Å². The lowest BCUT2D eigenvalue weighted by Gasteiger charge is -2.09. The van der Waals surface area contributed by atoms with E-state index in [0.717, 1.165) is 5.56 Å². The number of rotatable bonds is 4. The second-order valence-electron chi connectivity index (χ2n) is 4.01. The Morgan fingerprint density at radius 2 is 1.80 bits per heavy atom. The van der Waals surface area contributed by atoms with Crippen LogP contribution >= 0.6 is 34.8 Å². The molecule has 0 heterocycles. The fourth-order valence-electron chi connectivity index (χ4n) is 1.63. The zero-order valence-electron chi connectivity index (χ0n) is 10.1. The predicted molar refractivity (Wildman–Crippen MR) is 81.9 cm³/mol. The van der Waals surface area contributed by atoms with Crippen LogP contribution in [0.25, 0.3) is 0 Å². The van der Waals surface area contributed by atoms with E-state index < -0.39 is 4.92 Å². The quantitative estimate of drug-likeness (QED) is 0.621. The molecule has 0 bridgehead atoms. The topological polar surface area (TPSA) is 55.2 Å². The summed E-state index contributed by atoms with van der Waals surface area (Å²) < 4.78 is 0. The molecule has 0 unspecified atom stereocenters. The van der Waals surface area contributed by atoms with Crippen LogP contribution < -0.4 is 5.32 Å². The van der Waals surface area contributed by atoms with Crippen molar-refractivity contribution in [2.24, 2.45) is 0 Å². The molecule has 0 saturated heterocycles. The zero-order valence-corrected chi connectivity index (χ0v) is 12.3. The Kier molecular flexibility index (Phi) is 4.70. The smallest absolute Gasteiger partial charge is 0.288 e. The number of benzene rings is 2. The van der Waals surface area contributed by atoms with E-state index >= 15 is 0 Å². The number of nitro groups is 1. The van der Waals surface area contributed by atoms with Gasteiger partial charge in [-0.3, -0.25) is 10.1 Å². The van der Waals surface area contributed by atoms with Gasteiger partial charge in [-0.05, 0) is 29.8 Å². The molecule has 7 heteroatoms. The third-order valence-electron chi connectivity index (χ3n) is 2.64. The van der Waals surface area contributed by atoms with Crippen molar-refractivity contribution in [2.45, 2.75) is 6.54 Å². The Labute approximate surface area is 130 Å². The van der Waals surface area contributed by atoms with E-state index in [1.54, 1.807) is 18.2 Å². The molecule has 0 aliphatic carbocycles. The van der Waals surface area contributed by atoms with Gasteiger partial charge in [0.15, 0.2) is 0 Å². The summed E-state index contributed by atoms with van der Waals surface area (Å²) in [5.74, 6) is 0. The zero-order chi connectivity index (χ0) is 14.7. The molecular formula is C13H9Cl3N2O2. The SMILES string of the molecule is O=[N+]([O-])c1ccc(NCc2ccc(Cl)cc2Cl)cc1Cl. The Balaban J connectivity index is 2.11. The first-order chi connectivity index (χ1) is 9.47. The molecule has 0 atom stereocenters. The van der Waals surface area contributed by atoms with Gasteiger partial charge in [0.1, 0.15) is 5.02 Å². The maximum absolute atomic E-state index is 10.7. The molecule has 0 saturated carbocycles. The van der Waals surface area contributed by atoms with Crippen LogP contribution in [0.2, 0.25) is 15.1 Å². The molecule has 20 heavy (non-hydrogen) atoms. The number of anilines is 1. The summed E-state index contributed by atoms with van der Waals surface area (Å²) in [5.41, 5.74) is 1.42. The number of hydrogen-bond donors (Lipinski definition) is 1. The lowest BCUT2D eigenvalue weighted by molar-refractivity contribution is -0.384. The van der Waals surface area contributed by atoms with Crippen LogP contribution in [0.3, 0.4) is 0 Å². The maximum atomic E-state index is 10.7. The molecule has 0 fully saturated rings. The standard InChI is InChI=1S/C13H9Cl3N2O2/c14-9-2-1-8(11(15)5-9)7-17-10-3-4-13(18(19)20)12(16)6-10/h1-6,17H,7H2. The van der Waals surface area contributed by atoms with Crippen LogP contribution in [0.4, 0.5) is 11.4 Å². The van der Waals surface area contributed by atoms with Gasteiger partial charge in [0.2, 0.25) is 0 Å². The second-order valence-corrected chi connectivity index (χ2v) is 5.26. The highest BCUT2D eigenvalue weighted by Crippen LogP contribution is 2.28. The summed E-state index contributed by atoms with van der Waals surface area (Å²) in [6.45, 7) is 0.462.